The number of para-hydroxylation sites is 1. The number of nitrogens with zero attached hydrogens (tertiary/aromatic N) is 1. The molecule has 2 aromatic carbocycles. The molecule has 1 spiro atoms. The molecule has 2 saturated heterocycles. The third-order valence-corrected chi connectivity index (χ3v) is 8.82. The summed E-state index contributed by atoms with van der Waals surface area (Å²) in [6, 6.07) is 18.0. The molecule has 2 amide bonds. The number of hydrogen-bond donors (Lipinski definition) is 2. The van der Waals surface area contributed by atoms with Gasteiger partial charge in [0.1, 0.15) is 23.1 Å². The minimum absolute atomic E-state index is 0.0202. The van der Waals surface area contributed by atoms with Crippen molar-refractivity contribution in [3.63, 3.8) is 0 Å². The molecule has 2 heterocycles. The van der Waals surface area contributed by atoms with E-state index in [-0.39, 0.29) is 23.9 Å². The molecule has 0 aromatic heterocycles. The summed E-state index contributed by atoms with van der Waals surface area (Å²) in [7, 11) is 0. The van der Waals surface area contributed by atoms with Gasteiger partial charge in [0.05, 0.1) is 0 Å². The first-order chi connectivity index (χ1) is 18.5. The zero-order valence-electron chi connectivity index (χ0n) is 22.8. The van der Waals surface area contributed by atoms with E-state index < -0.39 is 5.54 Å². The molecule has 1 saturated carbocycles. The molecule has 0 radical (unpaired) electrons. The average Bonchev–Trinajstić information content (AvgIpc) is 2.94. The number of likely N-dealkylation sites (tertiary alicyclic amines) is 1. The number of nitrogens with one attached hydrogen (secondary N) is 2. The highest BCUT2D eigenvalue weighted by Crippen LogP contribution is 2.35. The minimum Gasteiger partial charge on any atom is -0.457 e. The van der Waals surface area contributed by atoms with E-state index in [1.54, 1.807) is 0 Å². The van der Waals surface area contributed by atoms with E-state index in [2.05, 4.69) is 34.6 Å². The predicted octanol–water partition coefficient (Wildman–Crippen LogP) is 5.96. The van der Waals surface area contributed by atoms with E-state index in [0.29, 0.717) is 18.8 Å². The fourth-order valence-electron chi connectivity index (χ4n) is 6.59. The molecule has 5 rings (SSSR count). The largest absolute Gasteiger partial charge is 0.457 e. The van der Waals surface area contributed by atoms with Gasteiger partial charge in [-0.15, -0.1) is 0 Å². The maximum atomic E-state index is 13.5. The van der Waals surface area contributed by atoms with Crippen LogP contribution in [-0.4, -0.2) is 40.9 Å². The van der Waals surface area contributed by atoms with Gasteiger partial charge in [0.25, 0.3) is 0 Å². The maximum absolute atomic E-state index is 13.5. The molecule has 3 atom stereocenters. The second kappa shape index (κ2) is 12.3. The number of rotatable bonds is 9. The molecule has 38 heavy (non-hydrogen) atoms. The van der Waals surface area contributed by atoms with Crippen LogP contribution in [0, 0.1) is 5.92 Å². The molecule has 204 valence electrons. The lowest BCUT2D eigenvalue weighted by Gasteiger charge is -2.49. The van der Waals surface area contributed by atoms with Crippen LogP contribution in [0.25, 0.3) is 0 Å². The van der Waals surface area contributed by atoms with Gasteiger partial charge in [-0.3, -0.25) is 14.5 Å². The van der Waals surface area contributed by atoms with Crippen molar-refractivity contribution in [3.8, 4) is 11.5 Å². The first-order valence-electron chi connectivity index (χ1n) is 14.7. The summed E-state index contributed by atoms with van der Waals surface area (Å²) < 4.78 is 5.95. The fraction of sp³-hybridized carbons (Fsp3) is 0.562. The lowest BCUT2D eigenvalue weighted by molar-refractivity contribution is -0.145. The Morgan fingerprint density at radius 2 is 1.71 bits per heavy atom. The molecule has 0 bridgehead atoms. The topological polar surface area (TPSA) is 70.7 Å². The highest BCUT2D eigenvalue weighted by molar-refractivity contribution is 6.00. The number of benzene rings is 2. The second-order valence-electron chi connectivity index (χ2n) is 11.6. The number of piperazine rings is 1. The van der Waals surface area contributed by atoms with E-state index in [1.807, 2.05) is 42.5 Å². The van der Waals surface area contributed by atoms with Gasteiger partial charge in [-0.1, -0.05) is 82.2 Å². The van der Waals surface area contributed by atoms with Crippen molar-refractivity contribution < 1.29 is 14.3 Å². The molecule has 2 aromatic rings. The Morgan fingerprint density at radius 1 is 0.974 bits per heavy atom. The molecule has 3 fully saturated rings. The van der Waals surface area contributed by atoms with Crippen LogP contribution >= 0.6 is 0 Å². The smallest absolute Gasteiger partial charge is 0.246 e. The monoisotopic (exact) mass is 517 g/mol. The number of amides is 2. The van der Waals surface area contributed by atoms with Gasteiger partial charge in [0, 0.05) is 19.1 Å². The van der Waals surface area contributed by atoms with Crippen molar-refractivity contribution >= 4 is 11.8 Å². The Morgan fingerprint density at radius 3 is 2.45 bits per heavy atom. The molecule has 6 heteroatoms. The molecular weight excluding hydrogens is 474 g/mol. The van der Waals surface area contributed by atoms with E-state index in [9.17, 15) is 9.59 Å². The van der Waals surface area contributed by atoms with Crippen LogP contribution < -0.4 is 15.4 Å². The Bertz CT molecular complexity index is 1070. The van der Waals surface area contributed by atoms with Gasteiger partial charge in [-0.05, 0) is 61.4 Å². The SMILES string of the molecule is CCCCC1CC2(CCN1Cc1ccc(Oc3ccccc3)cc1)NC(=O)C(CC1CCCCC1)NC2=O. The molecular formula is C32H43N3O3. The third kappa shape index (κ3) is 6.40. The highest BCUT2D eigenvalue weighted by Gasteiger charge is 2.50. The van der Waals surface area contributed by atoms with Gasteiger partial charge in [0.2, 0.25) is 11.8 Å². The van der Waals surface area contributed by atoms with Gasteiger partial charge >= 0.3 is 0 Å². The van der Waals surface area contributed by atoms with Crippen molar-refractivity contribution in [2.75, 3.05) is 6.54 Å². The summed E-state index contributed by atoms with van der Waals surface area (Å²) in [5.74, 6) is 2.25. The van der Waals surface area contributed by atoms with Crippen LogP contribution in [-0.2, 0) is 16.1 Å². The van der Waals surface area contributed by atoms with Crippen molar-refractivity contribution in [2.45, 2.75) is 102 Å². The maximum Gasteiger partial charge on any atom is 0.246 e. The Balaban J connectivity index is 1.21. The molecule has 2 N–H and O–H groups in total. The fourth-order valence-corrected chi connectivity index (χ4v) is 6.59. The Labute approximate surface area is 227 Å². The normalized spacial score (nSPS) is 26.7. The lowest BCUT2D eigenvalue weighted by Crippen LogP contribution is -2.72. The Hall–Kier alpha value is -2.86. The van der Waals surface area contributed by atoms with Crippen LogP contribution in [0.15, 0.2) is 54.6 Å². The molecule has 3 aliphatic rings. The standard InChI is InChI=1S/C32H43N3O3/c1-2-3-12-26-22-32(31(37)33-29(30(36)34-32)21-24-10-6-4-7-11-24)19-20-35(26)23-25-15-17-28(18-16-25)38-27-13-8-5-9-14-27/h5,8-9,13-18,24,26,29H,2-4,6-7,10-12,19-23H2,1H3,(H,33,37)(H,34,36). The number of unbranched alkanes of at least 4 members (excludes halogenated alkanes) is 1. The molecule has 6 nitrogen and oxygen atoms in total. The third-order valence-electron chi connectivity index (χ3n) is 8.82. The van der Waals surface area contributed by atoms with Crippen molar-refractivity contribution in [1.29, 1.82) is 0 Å². The summed E-state index contributed by atoms with van der Waals surface area (Å²) in [6.45, 7) is 3.83. The van der Waals surface area contributed by atoms with Crippen molar-refractivity contribution in [1.82, 2.24) is 15.5 Å². The van der Waals surface area contributed by atoms with Crippen LogP contribution in [0.2, 0.25) is 0 Å². The lowest BCUT2D eigenvalue weighted by atomic mass is 9.77. The van der Waals surface area contributed by atoms with Crippen molar-refractivity contribution in [2.24, 2.45) is 5.92 Å². The number of carbonyl (C=O) groups excluding carboxylic acids is 2. The number of carbonyl (C=O) groups is 2. The summed E-state index contributed by atoms with van der Waals surface area (Å²) in [6.07, 6.45) is 11.5. The summed E-state index contributed by atoms with van der Waals surface area (Å²) in [5, 5.41) is 6.41. The number of ether oxygens (including phenoxy) is 1. The summed E-state index contributed by atoms with van der Waals surface area (Å²) in [4.78, 5) is 29.2. The van der Waals surface area contributed by atoms with E-state index in [1.165, 1.54) is 37.7 Å². The van der Waals surface area contributed by atoms with Gasteiger partial charge in [0.15, 0.2) is 0 Å². The highest BCUT2D eigenvalue weighted by atomic mass is 16.5. The average molecular weight is 518 g/mol. The summed E-state index contributed by atoms with van der Waals surface area (Å²) >= 11 is 0. The van der Waals surface area contributed by atoms with Gasteiger partial charge in [-0.25, -0.2) is 0 Å². The summed E-state index contributed by atoms with van der Waals surface area (Å²) in [5.41, 5.74) is 0.454. The molecule has 2 aliphatic heterocycles. The predicted molar refractivity (Wildman–Crippen MR) is 150 cm³/mol. The van der Waals surface area contributed by atoms with Crippen LogP contribution in [0.4, 0.5) is 0 Å². The first kappa shape index (κ1) is 26.7. The molecule has 3 unspecified atom stereocenters. The van der Waals surface area contributed by atoms with E-state index >= 15 is 0 Å². The van der Waals surface area contributed by atoms with E-state index in [4.69, 9.17) is 4.74 Å². The number of hydrogen-bond acceptors (Lipinski definition) is 4. The van der Waals surface area contributed by atoms with Gasteiger partial charge < -0.3 is 15.4 Å². The zero-order chi connectivity index (χ0) is 26.4. The van der Waals surface area contributed by atoms with Crippen LogP contribution in [0.3, 0.4) is 0 Å². The zero-order valence-corrected chi connectivity index (χ0v) is 22.8. The quantitative estimate of drug-likeness (QED) is 0.431. The van der Waals surface area contributed by atoms with Crippen LogP contribution in [0.5, 0.6) is 11.5 Å². The minimum atomic E-state index is -0.775. The second-order valence-corrected chi connectivity index (χ2v) is 11.6. The van der Waals surface area contributed by atoms with E-state index in [0.717, 1.165) is 50.3 Å². The Kier molecular flexibility index (Phi) is 8.68. The first-order valence-corrected chi connectivity index (χ1v) is 14.7. The number of piperidine rings is 1. The van der Waals surface area contributed by atoms with Crippen molar-refractivity contribution in [3.05, 3.63) is 60.2 Å². The molecule has 1 aliphatic carbocycles. The van der Waals surface area contributed by atoms with Crippen LogP contribution in [0.1, 0.15) is 83.1 Å². The van der Waals surface area contributed by atoms with Gasteiger partial charge in [-0.2, -0.15) is 0 Å².